The molecule has 5 rings (SSSR count). The van der Waals surface area contributed by atoms with Crippen LogP contribution in [0.15, 0.2) is 103 Å². The summed E-state index contributed by atoms with van der Waals surface area (Å²) in [5.41, 5.74) is 9.69. The molecular formula is C26H20. The molecule has 0 radical (unpaired) electrons. The van der Waals surface area contributed by atoms with Crippen molar-refractivity contribution in [3.63, 3.8) is 0 Å². The monoisotopic (exact) mass is 332 g/mol. The molecule has 1 aliphatic carbocycles. The van der Waals surface area contributed by atoms with E-state index < -0.39 is 0 Å². The van der Waals surface area contributed by atoms with Gasteiger partial charge in [-0.15, -0.1) is 0 Å². The molecule has 1 aliphatic rings. The van der Waals surface area contributed by atoms with E-state index in [4.69, 9.17) is 0 Å². The molecule has 0 nitrogen and oxygen atoms in total. The van der Waals surface area contributed by atoms with Crippen molar-refractivity contribution in [3.05, 3.63) is 120 Å². The van der Waals surface area contributed by atoms with Gasteiger partial charge in [0.1, 0.15) is 0 Å². The van der Waals surface area contributed by atoms with Gasteiger partial charge in [-0.1, -0.05) is 103 Å². The Bertz CT molecular complexity index is 1060. The SMILES string of the molecule is c1ccc(-c2ccccc2[C@@H]2Cc3ccccc3-c3ccccc32)cc1. The first kappa shape index (κ1) is 15.2. The number of hydrogen-bond acceptors (Lipinski definition) is 0. The highest BCUT2D eigenvalue weighted by molar-refractivity contribution is 5.77. The zero-order valence-electron chi connectivity index (χ0n) is 14.6. The van der Waals surface area contributed by atoms with Crippen LogP contribution in [0.25, 0.3) is 22.3 Å². The summed E-state index contributed by atoms with van der Waals surface area (Å²) >= 11 is 0. The highest BCUT2D eigenvalue weighted by Crippen LogP contribution is 2.44. The third kappa shape index (κ3) is 2.46. The normalized spacial score (nSPS) is 15.2. The lowest BCUT2D eigenvalue weighted by Crippen LogP contribution is -2.13. The van der Waals surface area contributed by atoms with Gasteiger partial charge in [0.15, 0.2) is 0 Å². The lowest BCUT2D eigenvalue weighted by molar-refractivity contribution is 0.795. The predicted octanol–water partition coefficient (Wildman–Crippen LogP) is 6.71. The minimum atomic E-state index is 0.387. The third-order valence-corrected chi connectivity index (χ3v) is 5.49. The van der Waals surface area contributed by atoms with Crippen molar-refractivity contribution in [2.45, 2.75) is 12.3 Å². The van der Waals surface area contributed by atoms with Crippen LogP contribution in [0.2, 0.25) is 0 Å². The Morgan fingerprint density at radius 1 is 0.462 bits per heavy atom. The number of hydrogen-bond donors (Lipinski definition) is 0. The van der Waals surface area contributed by atoms with Crippen molar-refractivity contribution in [2.75, 3.05) is 0 Å². The molecule has 1 atom stereocenters. The molecule has 0 heteroatoms. The summed E-state index contributed by atoms with van der Waals surface area (Å²) in [4.78, 5) is 0. The standard InChI is InChI=1S/C26H20/c1-2-10-19(11-3-1)21-13-6-7-16-24(21)26-18-20-12-4-5-14-22(20)23-15-8-9-17-25(23)26/h1-17,26H,18H2/t26-/m0/s1. The first-order chi connectivity index (χ1) is 12.9. The van der Waals surface area contributed by atoms with Gasteiger partial charge in [-0.2, -0.15) is 0 Å². The second-order valence-electron chi connectivity index (χ2n) is 6.95. The topological polar surface area (TPSA) is 0 Å². The van der Waals surface area contributed by atoms with Crippen molar-refractivity contribution < 1.29 is 0 Å². The summed E-state index contributed by atoms with van der Waals surface area (Å²) in [5, 5.41) is 0. The largest absolute Gasteiger partial charge is 0.0622 e. The molecule has 0 amide bonds. The van der Waals surface area contributed by atoms with Crippen LogP contribution in [0.4, 0.5) is 0 Å². The van der Waals surface area contributed by atoms with E-state index in [9.17, 15) is 0 Å². The van der Waals surface area contributed by atoms with Crippen molar-refractivity contribution in [1.82, 2.24) is 0 Å². The molecule has 0 spiro atoms. The average molecular weight is 332 g/mol. The molecule has 0 fully saturated rings. The number of benzene rings is 4. The van der Waals surface area contributed by atoms with Crippen LogP contribution in [0.3, 0.4) is 0 Å². The van der Waals surface area contributed by atoms with Crippen LogP contribution in [0.1, 0.15) is 22.6 Å². The van der Waals surface area contributed by atoms with Crippen LogP contribution < -0.4 is 0 Å². The van der Waals surface area contributed by atoms with Gasteiger partial charge in [-0.25, -0.2) is 0 Å². The highest BCUT2D eigenvalue weighted by Gasteiger charge is 2.26. The van der Waals surface area contributed by atoms with Crippen molar-refractivity contribution in [2.24, 2.45) is 0 Å². The molecule has 0 N–H and O–H groups in total. The Balaban J connectivity index is 1.72. The molecule has 0 saturated carbocycles. The van der Waals surface area contributed by atoms with E-state index in [1.807, 2.05) is 0 Å². The van der Waals surface area contributed by atoms with E-state index >= 15 is 0 Å². The Kier molecular flexibility index (Phi) is 3.68. The maximum Gasteiger partial charge on any atom is 0.0142 e. The van der Waals surface area contributed by atoms with E-state index in [0.29, 0.717) is 5.92 Å². The molecule has 26 heavy (non-hydrogen) atoms. The Labute approximate surface area is 154 Å². The molecule has 0 aromatic heterocycles. The lowest BCUT2D eigenvalue weighted by atomic mass is 9.74. The second-order valence-corrected chi connectivity index (χ2v) is 6.95. The zero-order chi connectivity index (χ0) is 17.3. The highest BCUT2D eigenvalue weighted by atomic mass is 14.3. The van der Waals surface area contributed by atoms with E-state index in [2.05, 4.69) is 103 Å². The van der Waals surface area contributed by atoms with Crippen molar-refractivity contribution in [1.29, 1.82) is 0 Å². The lowest BCUT2D eigenvalue weighted by Gasteiger charge is -2.29. The van der Waals surface area contributed by atoms with Crippen LogP contribution in [0, 0.1) is 0 Å². The zero-order valence-corrected chi connectivity index (χ0v) is 14.6. The van der Waals surface area contributed by atoms with Crippen LogP contribution >= 0.6 is 0 Å². The number of fused-ring (bicyclic) bond motifs is 3. The third-order valence-electron chi connectivity index (χ3n) is 5.49. The first-order valence-corrected chi connectivity index (χ1v) is 9.23. The first-order valence-electron chi connectivity index (χ1n) is 9.23. The summed E-state index contributed by atoms with van der Waals surface area (Å²) in [5.74, 6) is 0.387. The summed E-state index contributed by atoms with van der Waals surface area (Å²) in [7, 11) is 0. The van der Waals surface area contributed by atoms with Gasteiger partial charge >= 0.3 is 0 Å². The van der Waals surface area contributed by atoms with E-state index in [1.165, 1.54) is 38.9 Å². The summed E-state index contributed by atoms with van der Waals surface area (Å²) in [6.45, 7) is 0. The minimum absolute atomic E-state index is 0.387. The van der Waals surface area contributed by atoms with Gasteiger partial charge in [0.2, 0.25) is 0 Å². The second kappa shape index (κ2) is 6.31. The van der Waals surface area contributed by atoms with Crippen molar-refractivity contribution in [3.8, 4) is 22.3 Å². The van der Waals surface area contributed by atoms with Gasteiger partial charge in [0.25, 0.3) is 0 Å². The van der Waals surface area contributed by atoms with Gasteiger partial charge in [0.05, 0.1) is 0 Å². The average Bonchev–Trinajstić information content (AvgIpc) is 2.74. The molecular weight excluding hydrogens is 312 g/mol. The fourth-order valence-corrected chi connectivity index (χ4v) is 4.30. The summed E-state index contributed by atoms with van der Waals surface area (Å²) in [6, 6.07) is 37.4. The molecule has 0 bridgehead atoms. The molecule has 0 unspecified atom stereocenters. The van der Waals surface area contributed by atoms with Gasteiger partial charge in [-0.3, -0.25) is 0 Å². The van der Waals surface area contributed by atoms with Gasteiger partial charge < -0.3 is 0 Å². The quantitative estimate of drug-likeness (QED) is 0.383. The van der Waals surface area contributed by atoms with Crippen LogP contribution in [0.5, 0.6) is 0 Å². The smallest absolute Gasteiger partial charge is 0.0142 e. The Hall–Kier alpha value is -3.12. The fourth-order valence-electron chi connectivity index (χ4n) is 4.30. The predicted molar refractivity (Wildman–Crippen MR) is 109 cm³/mol. The van der Waals surface area contributed by atoms with Crippen molar-refractivity contribution >= 4 is 0 Å². The van der Waals surface area contributed by atoms with E-state index in [1.54, 1.807) is 0 Å². The number of rotatable bonds is 2. The van der Waals surface area contributed by atoms with E-state index in [0.717, 1.165) is 6.42 Å². The maximum atomic E-state index is 2.30. The molecule has 0 aliphatic heterocycles. The van der Waals surface area contributed by atoms with Crippen LogP contribution in [-0.4, -0.2) is 0 Å². The molecule has 0 saturated heterocycles. The fraction of sp³-hybridized carbons (Fsp3) is 0.0769. The molecule has 4 aromatic carbocycles. The summed E-state index contributed by atoms with van der Waals surface area (Å²) < 4.78 is 0. The van der Waals surface area contributed by atoms with Gasteiger partial charge in [0, 0.05) is 5.92 Å². The van der Waals surface area contributed by atoms with Crippen LogP contribution in [-0.2, 0) is 6.42 Å². The van der Waals surface area contributed by atoms with Gasteiger partial charge in [-0.05, 0) is 45.4 Å². The maximum absolute atomic E-state index is 2.30. The minimum Gasteiger partial charge on any atom is -0.0622 e. The summed E-state index contributed by atoms with van der Waals surface area (Å²) in [6.07, 6.45) is 1.05. The molecule has 4 aromatic rings. The molecule has 0 heterocycles. The Morgan fingerprint density at radius 3 is 1.77 bits per heavy atom. The molecule has 124 valence electrons. The van der Waals surface area contributed by atoms with E-state index in [-0.39, 0.29) is 0 Å². The Morgan fingerprint density at radius 2 is 1.00 bits per heavy atom.